The lowest BCUT2D eigenvalue weighted by atomic mass is 10.1. The number of benzene rings is 3. The third kappa shape index (κ3) is 19.3. The molecule has 356 valence electrons. The van der Waals surface area contributed by atoms with Crippen LogP contribution >= 0.6 is 0 Å². The van der Waals surface area contributed by atoms with Gasteiger partial charge in [-0.05, 0) is 128 Å². The largest absolute Gasteiger partial charge is 0.445 e. The molecule has 0 radical (unpaired) electrons. The van der Waals surface area contributed by atoms with E-state index in [1.165, 1.54) is 12.1 Å². The maximum Gasteiger partial charge on any atom is 0.411 e. The van der Waals surface area contributed by atoms with E-state index >= 15 is 0 Å². The molecule has 18 heteroatoms. The Bertz CT molecular complexity index is 2320. The number of carbonyl (C=O) groups excluding carboxylic acids is 6. The Morgan fingerprint density at radius 3 is 1.68 bits per heavy atom. The van der Waals surface area contributed by atoms with E-state index < -0.39 is 65.1 Å². The number of ether oxygens (including phenoxy) is 4. The lowest BCUT2D eigenvalue weighted by Crippen LogP contribution is -2.52. The smallest absolute Gasteiger partial charge is 0.411 e. The van der Waals surface area contributed by atoms with Gasteiger partial charge in [0.1, 0.15) is 42.1 Å². The van der Waals surface area contributed by atoms with Gasteiger partial charge in [-0.15, -0.1) is 0 Å². The predicted molar refractivity (Wildman–Crippen MR) is 248 cm³/mol. The van der Waals surface area contributed by atoms with Crippen molar-refractivity contribution in [3.63, 3.8) is 0 Å². The van der Waals surface area contributed by atoms with E-state index in [0.717, 1.165) is 16.5 Å². The molecule has 0 fully saturated rings. The summed E-state index contributed by atoms with van der Waals surface area (Å²) in [6.45, 7) is 12.7. The number of fused-ring (bicyclic) bond motifs is 1. The molecule has 3 aromatic carbocycles. The van der Waals surface area contributed by atoms with Gasteiger partial charge in [0.15, 0.2) is 0 Å². The third-order valence-electron chi connectivity index (χ3n) is 9.42. The Labute approximate surface area is 384 Å². The summed E-state index contributed by atoms with van der Waals surface area (Å²) in [6.07, 6.45) is -0.687. The minimum absolute atomic E-state index is 0.0335. The van der Waals surface area contributed by atoms with Crippen LogP contribution in [0.3, 0.4) is 0 Å². The number of amides is 6. The van der Waals surface area contributed by atoms with Crippen molar-refractivity contribution in [1.82, 2.24) is 21.3 Å². The molecule has 4 aromatic rings. The van der Waals surface area contributed by atoms with E-state index in [9.17, 15) is 33.6 Å². The fraction of sp³-hybridized carbons (Fsp3) is 0.438. The summed E-state index contributed by atoms with van der Waals surface area (Å²) in [5, 5.41) is 17.0. The first kappa shape index (κ1) is 51.5. The van der Waals surface area contributed by atoms with Gasteiger partial charge in [0, 0.05) is 42.0 Å². The van der Waals surface area contributed by atoms with Gasteiger partial charge in [0.2, 0.25) is 11.8 Å². The Kier molecular flexibility index (Phi) is 19.4. The summed E-state index contributed by atoms with van der Waals surface area (Å²) in [5.74, 6) is -1.17. The van der Waals surface area contributed by atoms with Crippen molar-refractivity contribution >= 4 is 58.5 Å². The van der Waals surface area contributed by atoms with Crippen LogP contribution in [0.2, 0.25) is 0 Å². The second-order valence-corrected chi connectivity index (χ2v) is 17.5. The van der Waals surface area contributed by atoms with E-state index in [-0.39, 0.29) is 39.1 Å². The SMILES string of the molecule is Cc1cc(=O)oc2cc(NC(=O)OCc3ccc(NC(=O)[C@H](CCCCNC(=O)OC(C)(C)C)NC(=O)C(CCCCNC(=O)OC(C)(C)C)NC(=O)OCc4ccccc4)cc3)ccc12. The van der Waals surface area contributed by atoms with Gasteiger partial charge in [0.05, 0.1) is 0 Å². The van der Waals surface area contributed by atoms with Gasteiger partial charge in [-0.2, -0.15) is 0 Å². The van der Waals surface area contributed by atoms with Crippen molar-refractivity contribution in [3.05, 3.63) is 106 Å². The minimum Gasteiger partial charge on any atom is -0.445 e. The van der Waals surface area contributed by atoms with Crippen LogP contribution in [0.15, 0.2) is 88.1 Å². The lowest BCUT2D eigenvalue weighted by molar-refractivity contribution is -0.128. The van der Waals surface area contributed by atoms with E-state index in [1.54, 1.807) is 109 Å². The minimum atomic E-state index is -1.11. The first-order valence-electron chi connectivity index (χ1n) is 21.8. The highest BCUT2D eigenvalue weighted by molar-refractivity contribution is 5.98. The molecule has 0 aliphatic heterocycles. The summed E-state index contributed by atoms with van der Waals surface area (Å²) < 4.78 is 26.6. The highest BCUT2D eigenvalue weighted by Crippen LogP contribution is 2.21. The number of rotatable bonds is 20. The number of carbonyl (C=O) groups is 6. The van der Waals surface area contributed by atoms with Crippen LogP contribution in [0.25, 0.3) is 11.0 Å². The molecular formula is C48H62N6O12. The molecule has 1 aromatic heterocycles. The van der Waals surface area contributed by atoms with Gasteiger partial charge in [0.25, 0.3) is 0 Å². The quantitative estimate of drug-likeness (QED) is 0.0281. The molecule has 0 aliphatic carbocycles. The molecule has 0 spiro atoms. The van der Waals surface area contributed by atoms with Crippen molar-refractivity contribution in [2.24, 2.45) is 0 Å². The first-order valence-corrected chi connectivity index (χ1v) is 21.8. The van der Waals surface area contributed by atoms with Gasteiger partial charge in [-0.1, -0.05) is 42.5 Å². The molecule has 18 nitrogen and oxygen atoms in total. The summed E-state index contributed by atoms with van der Waals surface area (Å²) in [6, 6.07) is 19.7. The van der Waals surface area contributed by atoms with Crippen LogP contribution < -0.4 is 37.5 Å². The number of alkyl carbamates (subject to hydrolysis) is 3. The molecule has 6 N–H and O–H groups in total. The van der Waals surface area contributed by atoms with Crippen LogP contribution in [0.1, 0.15) is 96.8 Å². The molecular weight excluding hydrogens is 853 g/mol. The summed E-state index contributed by atoms with van der Waals surface area (Å²) >= 11 is 0. The summed E-state index contributed by atoms with van der Waals surface area (Å²) in [4.78, 5) is 89.5. The maximum absolute atomic E-state index is 13.9. The molecule has 0 saturated carbocycles. The van der Waals surface area contributed by atoms with Crippen LogP contribution in [-0.2, 0) is 41.8 Å². The molecule has 4 rings (SSSR count). The van der Waals surface area contributed by atoms with E-state index in [1.807, 2.05) is 6.07 Å². The molecule has 66 heavy (non-hydrogen) atoms. The van der Waals surface area contributed by atoms with Crippen molar-refractivity contribution < 1.29 is 52.1 Å². The van der Waals surface area contributed by atoms with Crippen molar-refractivity contribution in [2.45, 2.75) is 123 Å². The number of aryl methyl sites for hydroxylation is 1. The zero-order chi connectivity index (χ0) is 48.3. The van der Waals surface area contributed by atoms with Gasteiger partial charge >= 0.3 is 30.0 Å². The van der Waals surface area contributed by atoms with E-state index in [2.05, 4.69) is 31.9 Å². The molecule has 0 aliphatic rings. The molecule has 1 unspecified atom stereocenters. The normalized spacial score (nSPS) is 12.2. The fourth-order valence-electron chi connectivity index (χ4n) is 6.29. The number of unbranched alkanes of at least 4 members (excludes halogenated alkanes) is 2. The van der Waals surface area contributed by atoms with E-state index in [0.29, 0.717) is 48.2 Å². The molecule has 2 atom stereocenters. The highest BCUT2D eigenvalue weighted by atomic mass is 16.6. The maximum atomic E-state index is 13.9. The monoisotopic (exact) mass is 914 g/mol. The Balaban J connectivity index is 1.39. The Hall–Kier alpha value is -7.11. The molecule has 1 heterocycles. The molecule has 0 saturated heterocycles. The van der Waals surface area contributed by atoms with Crippen molar-refractivity contribution in [3.8, 4) is 0 Å². The number of hydrogen-bond donors (Lipinski definition) is 6. The summed E-state index contributed by atoms with van der Waals surface area (Å²) in [7, 11) is 0. The van der Waals surface area contributed by atoms with Crippen molar-refractivity contribution in [2.75, 3.05) is 23.7 Å². The standard InChI is InChI=1S/C48H62N6O12/c1-31-27-40(55)64-39-28-35(23-24-36(31)39)52-45(60)62-30-33-19-21-34(22-20-33)51-41(56)37(17-11-13-25-49-43(58)65-47(2,3)4)53-42(57)38(18-12-14-26-50-44(59)66-48(5,6)7)54-46(61)63-29-32-15-9-8-10-16-32/h8-10,15-16,19-24,27-28,37-38H,11-14,17-18,25-26,29-30H2,1-7H3,(H,49,58)(H,50,59)(H,51,56)(H,52,60)(H,53,57)(H,54,61)/t37-,38?/m0/s1. The molecule has 6 amide bonds. The van der Waals surface area contributed by atoms with Gasteiger partial charge in [-0.25, -0.2) is 24.0 Å². The van der Waals surface area contributed by atoms with Crippen LogP contribution in [0.4, 0.5) is 30.6 Å². The van der Waals surface area contributed by atoms with E-state index in [4.69, 9.17) is 23.4 Å². The highest BCUT2D eigenvalue weighted by Gasteiger charge is 2.28. The van der Waals surface area contributed by atoms with Gasteiger partial charge in [-0.3, -0.25) is 14.9 Å². The van der Waals surface area contributed by atoms with Crippen LogP contribution in [0.5, 0.6) is 0 Å². The summed E-state index contributed by atoms with van der Waals surface area (Å²) in [5.41, 5.74) is 1.34. The average Bonchev–Trinajstić information content (AvgIpc) is 3.23. The Morgan fingerprint density at radius 2 is 1.11 bits per heavy atom. The number of anilines is 2. The third-order valence-corrected chi connectivity index (χ3v) is 9.42. The second-order valence-electron chi connectivity index (χ2n) is 17.5. The zero-order valence-corrected chi connectivity index (χ0v) is 38.6. The van der Waals surface area contributed by atoms with Crippen LogP contribution in [0, 0.1) is 6.92 Å². The second kappa shape index (κ2) is 24.8. The number of hydrogen-bond acceptors (Lipinski definition) is 12. The Morgan fingerprint density at radius 1 is 0.576 bits per heavy atom. The predicted octanol–water partition coefficient (Wildman–Crippen LogP) is 7.96. The first-order chi connectivity index (χ1) is 31.2. The molecule has 0 bridgehead atoms. The zero-order valence-electron chi connectivity index (χ0n) is 38.6. The average molecular weight is 915 g/mol. The fourth-order valence-corrected chi connectivity index (χ4v) is 6.29. The van der Waals surface area contributed by atoms with Crippen LogP contribution in [-0.4, -0.2) is 72.6 Å². The number of nitrogens with one attached hydrogen (secondary N) is 6. The van der Waals surface area contributed by atoms with Crippen molar-refractivity contribution in [1.29, 1.82) is 0 Å². The van der Waals surface area contributed by atoms with Gasteiger partial charge < -0.3 is 49.9 Å². The lowest BCUT2D eigenvalue weighted by Gasteiger charge is -2.23. The topological polar surface area (TPSA) is 242 Å².